The molecule has 3 nitrogen and oxygen atoms in total. The molecule has 2 saturated carbocycles. The van der Waals surface area contributed by atoms with E-state index in [1.807, 2.05) is 0 Å². The highest BCUT2D eigenvalue weighted by Gasteiger charge is 2.49. The molecule has 1 heterocycles. The van der Waals surface area contributed by atoms with E-state index in [-0.39, 0.29) is 0 Å². The third-order valence-electron chi connectivity index (χ3n) is 4.03. The van der Waals surface area contributed by atoms with Crippen molar-refractivity contribution in [3.63, 3.8) is 0 Å². The summed E-state index contributed by atoms with van der Waals surface area (Å²) >= 11 is 3.67. The number of halogens is 1. The third kappa shape index (κ3) is 2.15. The second-order valence-corrected chi connectivity index (χ2v) is 6.97. The molecule has 2 aliphatic rings. The van der Waals surface area contributed by atoms with Crippen LogP contribution in [0.2, 0.25) is 0 Å². The van der Waals surface area contributed by atoms with Crippen molar-refractivity contribution in [1.82, 2.24) is 9.97 Å². The van der Waals surface area contributed by atoms with E-state index in [0.717, 1.165) is 22.7 Å². The van der Waals surface area contributed by atoms with Gasteiger partial charge in [0.15, 0.2) is 0 Å². The molecule has 4 heteroatoms. The molecule has 0 aromatic carbocycles. The monoisotopic (exact) mass is 309 g/mol. The van der Waals surface area contributed by atoms with Crippen molar-refractivity contribution in [3.05, 3.63) is 16.0 Å². The summed E-state index contributed by atoms with van der Waals surface area (Å²) < 4.78 is 1.08. The van der Waals surface area contributed by atoms with Gasteiger partial charge >= 0.3 is 0 Å². The fourth-order valence-corrected chi connectivity index (χ4v) is 3.10. The Balaban J connectivity index is 1.99. The highest BCUT2D eigenvalue weighted by Crippen LogP contribution is 2.58. The van der Waals surface area contributed by atoms with Gasteiger partial charge in [-0.25, -0.2) is 9.97 Å². The zero-order chi connectivity index (χ0) is 12.9. The van der Waals surface area contributed by atoms with Crippen LogP contribution in [0.4, 0.5) is 5.82 Å². The zero-order valence-corrected chi connectivity index (χ0v) is 12.8. The Hall–Kier alpha value is -0.640. The van der Waals surface area contributed by atoms with E-state index >= 15 is 0 Å². The quantitative estimate of drug-likeness (QED) is 0.911. The van der Waals surface area contributed by atoms with Crippen molar-refractivity contribution >= 4 is 21.7 Å². The first-order chi connectivity index (χ1) is 8.53. The normalized spacial score (nSPS) is 25.0. The standard InChI is InChI=1S/C14H20BrN3/c1-4-16-13-10(15)11(8-5-6-8)17-12(18-13)9-7-14(9,2)3/h8-9H,4-7H2,1-3H3,(H,16,17,18). The Kier molecular flexibility index (Phi) is 2.88. The smallest absolute Gasteiger partial charge is 0.144 e. The molecule has 1 aromatic heterocycles. The van der Waals surface area contributed by atoms with Gasteiger partial charge in [-0.15, -0.1) is 0 Å². The maximum atomic E-state index is 4.84. The molecule has 0 spiro atoms. The van der Waals surface area contributed by atoms with Crippen LogP contribution in [0, 0.1) is 5.41 Å². The highest BCUT2D eigenvalue weighted by molar-refractivity contribution is 9.10. The molecule has 2 fully saturated rings. The predicted molar refractivity (Wildman–Crippen MR) is 77.0 cm³/mol. The van der Waals surface area contributed by atoms with E-state index in [0.29, 0.717) is 17.3 Å². The van der Waals surface area contributed by atoms with Gasteiger partial charge in [0.1, 0.15) is 11.6 Å². The predicted octanol–water partition coefficient (Wildman–Crippen LogP) is 4.06. The number of nitrogens with zero attached hydrogens (tertiary/aromatic N) is 2. The minimum atomic E-state index is 0.387. The van der Waals surface area contributed by atoms with E-state index in [2.05, 4.69) is 42.0 Å². The van der Waals surface area contributed by atoms with Crippen molar-refractivity contribution in [2.75, 3.05) is 11.9 Å². The molecule has 18 heavy (non-hydrogen) atoms. The van der Waals surface area contributed by atoms with E-state index in [1.54, 1.807) is 0 Å². The number of nitrogens with one attached hydrogen (secondary N) is 1. The minimum absolute atomic E-state index is 0.387. The van der Waals surface area contributed by atoms with Crippen molar-refractivity contribution in [3.8, 4) is 0 Å². The van der Waals surface area contributed by atoms with Gasteiger partial charge < -0.3 is 5.32 Å². The zero-order valence-electron chi connectivity index (χ0n) is 11.3. The summed E-state index contributed by atoms with van der Waals surface area (Å²) in [6.45, 7) is 7.60. The van der Waals surface area contributed by atoms with Crippen LogP contribution in [0.3, 0.4) is 0 Å². The Morgan fingerprint density at radius 1 is 1.33 bits per heavy atom. The molecular weight excluding hydrogens is 290 g/mol. The lowest BCUT2D eigenvalue weighted by Crippen LogP contribution is -2.08. The maximum absolute atomic E-state index is 4.84. The fourth-order valence-electron chi connectivity index (χ4n) is 2.46. The first kappa shape index (κ1) is 12.4. The summed E-state index contributed by atoms with van der Waals surface area (Å²) in [5, 5.41) is 3.35. The van der Waals surface area contributed by atoms with Crippen LogP contribution in [-0.4, -0.2) is 16.5 Å². The lowest BCUT2D eigenvalue weighted by Gasteiger charge is -2.12. The van der Waals surface area contributed by atoms with Crippen LogP contribution < -0.4 is 5.32 Å². The largest absolute Gasteiger partial charge is 0.369 e. The second kappa shape index (κ2) is 4.19. The topological polar surface area (TPSA) is 37.8 Å². The summed E-state index contributed by atoms with van der Waals surface area (Å²) in [4.78, 5) is 9.56. The van der Waals surface area contributed by atoms with E-state index in [1.165, 1.54) is 25.0 Å². The molecule has 1 unspecified atom stereocenters. The van der Waals surface area contributed by atoms with Gasteiger partial charge in [-0.3, -0.25) is 0 Å². The number of rotatable bonds is 4. The van der Waals surface area contributed by atoms with Gasteiger partial charge in [0.05, 0.1) is 10.2 Å². The number of anilines is 1. The third-order valence-corrected chi connectivity index (χ3v) is 4.81. The van der Waals surface area contributed by atoms with Gasteiger partial charge in [0, 0.05) is 18.4 Å². The number of aromatic nitrogens is 2. The maximum Gasteiger partial charge on any atom is 0.144 e. The van der Waals surface area contributed by atoms with Crippen molar-refractivity contribution in [2.45, 2.75) is 51.9 Å². The van der Waals surface area contributed by atoms with Crippen LogP contribution in [-0.2, 0) is 0 Å². The Morgan fingerprint density at radius 3 is 2.50 bits per heavy atom. The molecule has 2 aliphatic carbocycles. The fraction of sp³-hybridized carbons (Fsp3) is 0.714. The molecule has 0 aliphatic heterocycles. The van der Waals surface area contributed by atoms with Gasteiger partial charge in [-0.1, -0.05) is 13.8 Å². The summed E-state index contributed by atoms with van der Waals surface area (Å²) in [5.41, 5.74) is 1.61. The van der Waals surface area contributed by atoms with Gasteiger partial charge in [-0.2, -0.15) is 0 Å². The van der Waals surface area contributed by atoms with Crippen molar-refractivity contribution in [1.29, 1.82) is 0 Å². The van der Waals surface area contributed by atoms with E-state index in [9.17, 15) is 0 Å². The van der Waals surface area contributed by atoms with Gasteiger partial charge in [0.2, 0.25) is 0 Å². The molecule has 1 aromatic rings. The minimum Gasteiger partial charge on any atom is -0.369 e. The molecule has 3 rings (SSSR count). The van der Waals surface area contributed by atoms with E-state index < -0.39 is 0 Å². The highest BCUT2D eigenvalue weighted by atomic mass is 79.9. The van der Waals surface area contributed by atoms with Crippen LogP contribution >= 0.6 is 15.9 Å². The van der Waals surface area contributed by atoms with Crippen LogP contribution in [0.5, 0.6) is 0 Å². The molecule has 1 N–H and O–H groups in total. The Morgan fingerprint density at radius 2 is 2.00 bits per heavy atom. The molecule has 98 valence electrons. The van der Waals surface area contributed by atoms with Gasteiger partial charge in [0.25, 0.3) is 0 Å². The lowest BCUT2D eigenvalue weighted by atomic mass is 10.1. The molecule has 0 amide bonds. The molecule has 0 saturated heterocycles. The summed E-state index contributed by atoms with van der Waals surface area (Å²) in [6, 6.07) is 0. The summed E-state index contributed by atoms with van der Waals surface area (Å²) in [5.74, 6) is 3.22. The summed E-state index contributed by atoms with van der Waals surface area (Å²) in [6.07, 6.45) is 3.76. The van der Waals surface area contributed by atoms with Crippen LogP contribution in [0.1, 0.15) is 63.4 Å². The summed E-state index contributed by atoms with van der Waals surface area (Å²) in [7, 11) is 0. The average molecular weight is 310 g/mol. The molecule has 0 radical (unpaired) electrons. The first-order valence-electron chi connectivity index (χ1n) is 6.84. The molecule has 0 bridgehead atoms. The SMILES string of the molecule is CCNc1nc(C2CC2(C)C)nc(C2CC2)c1Br. The molecule has 1 atom stereocenters. The van der Waals surface area contributed by atoms with Gasteiger partial charge in [-0.05, 0) is 47.5 Å². The van der Waals surface area contributed by atoms with Crippen molar-refractivity contribution in [2.24, 2.45) is 5.41 Å². The average Bonchev–Trinajstić information content (AvgIpc) is 3.19. The molecular formula is C14H20BrN3. The van der Waals surface area contributed by atoms with Crippen LogP contribution in [0.25, 0.3) is 0 Å². The van der Waals surface area contributed by atoms with E-state index in [4.69, 9.17) is 9.97 Å². The van der Waals surface area contributed by atoms with Crippen molar-refractivity contribution < 1.29 is 0 Å². The Labute approximate surface area is 117 Å². The van der Waals surface area contributed by atoms with Crippen LogP contribution in [0.15, 0.2) is 4.47 Å². The number of hydrogen-bond acceptors (Lipinski definition) is 3. The second-order valence-electron chi connectivity index (χ2n) is 6.18. The Bertz CT molecular complexity index is 480. The number of hydrogen-bond donors (Lipinski definition) is 1. The first-order valence-corrected chi connectivity index (χ1v) is 7.63. The lowest BCUT2D eigenvalue weighted by molar-refractivity contribution is 0.606.